The summed E-state index contributed by atoms with van der Waals surface area (Å²) < 4.78 is 1.86. The highest BCUT2D eigenvalue weighted by atomic mass is 16.3. The normalized spacial score (nSPS) is 12.5. The highest BCUT2D eigenvalue weighted by Gasteiger charge is 2.13. The molecular weight excluding hydrogens is 288 g/mol. The fourth-order valence-corrected chi connectivity index (χ4v) is 2.74. The van der Waals surface area contributed by atoms with Crippen LogP contribution < -0.4 is 4.90 Å². The molecule has 0 saturated carbocycles. The van der Waals surface area contributed by atoms with E-state index < -0.39 is 6.10 Å². The number of aryl methyl sites for hydroxylation is 2. The monoisotopic (exact) mass is 310 g/mol. The van der Waals surface area contributed by atoms with E-state index in [0.29, 0.717) is 6.42 Å². The summed E-state index contributed by atoms with van der Waals surface area (Å²) in [4.78, 5) is 6.62. The minimum Gasteiger partial charge on any atom is -0.388 e. The molecule has 5 nitrogen and oxygen atoms in total. The summed E-state index contributed by atoms with van der Waals surface area (Å²) in [5.41, 5.74) is 3.71. The van der Waals surface area contributed by atoms with Gasteiger partial charge in [0.05, 0.1) is 11.8 Å². The molecule has 2 heterocycles. The van der Waals surface area contributed by atoms with Crippen molar-refractivity contribution in [2.75, 3.05) is 18.5 Å². The van der Waals surface area contributed by atoms with Crippen LogP contribution in [0.4, 0.5) is 5.82 Å². The summed E-state index contributed by atoms with van der Waals surface area (Å²) in [6.07, 6.45) is 0.195. The van der Waals surface area contributed by atoms with Gasteiger partial charge in [-0.1, -0.05) is 30.3 Å². The van der Waals surface area contributed by atoms with Gasteiger partial charge in [-0.2, -0.15) is 9.61 Å². The maximum Gasteiger partial charge on any atom is 0.157 e. The molecule has 3 aromatic rings. The minimum absolute atomic E-state index is 0.462. The Balaban J connectivity index is 1.77. The van der Waals surface area contributed by atoms with Crippen molar-refractivity contribution in [3.63, 3.8) is 0 Å². The van der Waals surface area contributed by atoms with Gasteiger partial charge in [-0.05, 0) is 25.8 Å². The molecule has 0 saturated heterocycles. The summed E-state index contributed by atoms with van der Waals surface area (Å²) in [7, 11) is 2.02. The molecule has 0 fully saturated rings. The van der Waals surface area contributed by atoms with Crippen LogP contribution in [0.5, 0.6) is 0 Å². The lowest BCUT2D eigenvalue weighted by Crippen LogP contribution is -2.23. The number of hydrogen-bond donors (Lipinski definition) is 1. The fraction of sp³-hybridized carbons (Fsp3) is 0.333. The van der Waals surface area contributed by atoms with E-state index in [1.54, 1.807) is 0 Å². The number of aliphatic hydroxyl groups excluding tert-OH is 1. The number of aliphatic hydroxyl groups is 1. The summed E-state index contributed by atoms with van der Waals surface area (Å²) in [5.74, 6) is 0.987. The van der Waals surface area contributed by atoms with Crippen LogP contribution in [0.3, 0.4) is 0 Å². The molecule has 0 aliphatic heterocycles. The highest BCUT2D eigenvalue weighted by Crippen LogP contribution is 2.20. The van der Waals surface area contributed by atoms with Crippen molar-refractivity contribution in [3.05, 3.63) is 59.4 Å². The van der Waals surface area contributed by atoms with E-state index >= 15 is 0 Å². The maximum absolute atomic E-state index is 10.3. The molecule has 1 N–H and O–H groups in total. The summed E-state index contributed by atoms with van der Waals surface area (Å²) in [6.45, 7) is 4.68. The van der Waals surface area contributed by atoms with Gasteiger partial charge in [0.25, 0.3) is 0 Å². The lowest BCUT2D eigenvalue weighted by molar-refractivity contribution is 0.169. The first kappa shape index (κ1) is 15.5. The van der Waals surface area contributed by atoms with Crippen molar-refractivity contribution in [1.82, 2.24) is 14.6 Å². The second kappa shape index (κ2) is 6.38. The molecule has 2 aromatic heterocycles. The van der Waals surface area contributed by atoms with Crippen LogP contribution in [0.2, 0.25) is 0 Å². The van der Waals surface area contributed by atoms with Crippen LogP contribution in [-0.2, 0) is 0 Å². The van der Waals surface area contributed by atoms with Crippen LogP contribution in [0.1, 0.15) is 29.5 Å². The van der Waals surface area contributed by atoms with Crippen molar-refractivity contribution >= 4 is 11.5 Å². The molecule has 120 valence electrons. The Kier molecular flexibility index (Phi) is 4.30. The van der Waals surface area contributed by atoms with Gasteiger partial charge in [0.1, 0.15) is 5.82 Å². The predicted molar refractivity (Wildman–Crippen MR) is 91.7 cm³/mol. The van der Waals surface area contributed by atoms with E-state index in [9.17, 15) is 5.11 Å². The summed E-state index contributed by atoms with van der Waals surface area (Å²) in [6, 6.07) is 13.8. The first-order valence-corrected chi connectivity index (χ1v) is 7.83. The molecule has 0 spiro atoms. The van der Waals surface area contributed by atoms with Crippen molar-refractivity contribution in [2.24, 2.45) is 0 Å². The Morgan fingerprint density at radius 1 is 1.13 bits per heavy atom. The number of rotatable bonds is 5. The van der Waals surface area contributed by atoms with Gasteiger partial charge in [0.15, 0.2) is 5.65 Å². The lowest BCUT2D eigenvalue weighted by Gasteiger charge is -2.22. The van der Waals surface area contributed by atoms with Crippen molar-refractivity contribution < 1.29 is 5.11 Å². The van der Waals surface area contributed by atoms with Gasteiger partial charge in [0, 0.05) is 31.4 Å². The van der Waals surface area contributed by atoms with Crippen molar-refractivity contribution in [3.8, 4) is 0 Å². The third kappa shape index (κ3) is 3.35. The van der Waals surface area contributed by atoms with Gasteiger partial charge in [-0.15, -0.1) is 0 Å². The molecule has 0 amide bonds. The summed E-state index contributed by atoms with van der Waals surface area (Å²) in [5, 5.41) is 14.8. The van der Waals surface area contributed by atoms with E-state index in [4.69, 9.17) is 0 Å². The SMILES string of the molecule is Cc1cc(N(C)CC[C@H](O)c2ccccc2)n2nc(C)cc2n1. The quantitative estimate of drug-likeness (QED) is 0.787. The largest absolute Gasteiger partial charge is 0.388 e. The third-order valence-electron chi connectivity index (χ3n) is 3.97. The Labute approximate surface area is 136 Å². The molecule has 3 rings (SSSR count). The van der Waals surface area contributed by atoms with Crippen LogP contribution in [0, 0.1) is 13.8 Å². The zero-order chi connectivity index (χ0) is 16.4. The number of nitrogens with zero attached hydrogens (tertiary/aromatic N) is 4. The van der Waals surface area contributed by atoms with Gasteiger partial charge >= 0.3 is 0 Å². The summed E-state index contributed by atoms with van der Waals surface area (Å²) >= 11 is 0. The van der Waals surface area contributed by atoms with E-state index in [2.05, 4.69) is 15.0 Å². The Morgan fingerprint density at radius 3 is 2.61 bits per heavy atom. The van der Waals surface area contributed by atoms with Crippen LogP contribution >= 0.6 is 0 Å². The molecular formula is C18H22N4O. The molecule has 0 unspecified atom stereocenters. The third-order valence-corrected chi connectivity index (χ3v) is 3.97. The number of hydrogen-bond acceptors (Lipinski definition) is 4. The van der Waals surface area contributed by atoms with Gasteiger partial charge in [-0.3, -0.25) is 0 Å². The average Bonchev–Trinajstić information content (AvgIpc) is 2.92. The zero-order valence-corrected chi connectivity index (χ0v) is 13.8. The molecule has 0 aliphatic rings. The first-order valence-electron chi connectivity index (χ1n) is 7.83. The molecule has 23 heavy (non-hydrogen) atoms. The molecule has 5 heteroatoms. The average molecular weight is 310 g/mol. The molecule has 0 bridgehead atoms. The van der Waals surface area contributed by atoms with Crippen molar-refractivity contribution in [1.29, 1.82) is 0 Å². The van der Waals surface area contributed by atoms with E-state index in [0.717, 1.165) is 35.0 Å². The molecule has 0 radical (unpaired) electrons. The second-order valence-corrected chi connectivity index (χ2v) is 5.95. The van der Waals surface area contributed by atoms with E-state index in [-0.39, 0.29) is 0 Å². The first-order chi connectivity index (χ1) is 11.0. The highest BCUT2D eigenvalue weighted by molar-refractivity contribution is 5.51. The Bertz CT molecular complexity index is 797. The standard InChI is InChI=1S/C18H22N4O/c1-13-12-18(22-17(19-13)11-14(2)20-22)21(3)10-9-16(23)15-7-5-4-6-8-15/h4-8,11-12,16,23H,9-10H2,1-3H3/t16-/m0/s1. The molecule has 1 atom stereocenters. The van der Waals surface area contributed by atoms with Crippen LogP contribution in [0.25, 0.3) is 5.65 Å². The van der Waals surface area contributed by atoms with Crippen LogP contribution in [0.15, 0.2) is 42.5 Å². The van der Waals surface area contributed by atoms with Gasteiger partial charge in [-0.25, -0.2) is 4.98 Å². The zero-order valence-electron chi connectivity index (χ0n) is 13.8. The van der Waals surface area contributed by atoms with Gasteiger partial charge < -0.3 is 10.0 Å². The van der Waals surface area contributed by atoms with Gasteiger partial charge in [0.2, 0.25) is 0 Å². The van der Waals surface area contributed by atoms with Crippen LogP contribution in [-0.4, -0.2) is 33.3 Å². The Morgan fingerprint density at radius 2 is 1.87 bits per heavy atom. The predicted octanol–water partition coefficient (Wildman–Crippen LogP) is 2.91. The second-order valence-electron chi connectivity index (χ2n) is 5.95. The minimum atomic E-state index is -0.462. The molecule has 1 aromatic carbocycles. The number of benzene rings is 1. The number of anilines is 1. The topological polar surface area (TPSA) is 53.7 Å². The molecule has 0 aliphatic carbocycles. The maximum atomic E-state index is 10.3. The number of aromatic nitrogens is 3. The number of fused-ring (bicyclic) bond motifs is 1. The van der Waals surface area contributed by atoms with Crippen molar-refractivity contribution in [2.45, 2.75) is 26.4 Å². The van der Waals surface area contributed by atoms with E-state index in [1.807, 2.05) is 67.9 Å². The smallest absolute Gasteiger partial charge is 0.157 e. The lowest BCUT2D eigenvalue weighted by atomic mass is 10.1. The van der Waals surface area contributed by atoms with E-state index in [1.165, 1.54) is 0 Å². The Hall–Kier alpha value is -2.40. The fourth-order valence-electron chi connectivity index (χ4n) is 2.74.